The topological polar surface area (TPSA) is 41.6 Å². The Bertz CT molecular complexity index is 297. The van der Waals surface area contributed by atoms with Crippen molar-refractivity contribution in [1.82, 2.24) is 10.2 Å². The lowest BCUT2D eigenvalue weighted by molar-refractivity contribution is -0.160. The van der Waals surface area contributed by atoms with E-state index in [1.54, 1.807) is 0 Å². The van der Waals surface area contributed by atoms with Crippen LogP contribution < -0.4 is 5.32 Å². The van der Waals surface area contributed by atoms with Gasteiger partial charge in [0.05, 0.1) is 6.61 Å². The predicted octanol–water partition coefficient (Wildman–Crippen LogP) is 1.79. The summed E-state index contributed by atoms with van der Waals surface area (Å²) >= 11 is 0. The number of carbonyl (C=O) groups excluding carboxylic acids is 1. The highest BCUT2D eigenvalue weighted by molar-refractivity contribution is 5.82. The van der Waals surface area contributed by atoms with Gasteiger partial charge in [0, 0.05) is 19.6 Å². The number of nitrogens with zero attached hydrogens (tertiary/aromatic N) is 1. The molecule has 2 fully saturated rings. The van der Waals surface area contributed by atoms with Crippen LogP contribution >= 0.6 is 0 Å². The second kappa shape index (κ2) is 6.71. The van der Waals surface area contributed by atoms with Gasteiger partial charge in [0.25, 0.3) is 0 Å². The molecule has 1 aliphatic heterocycles. The molecule has 1 atom stereocenters. The van der Waals surface area contributed by atoms with Crippen molar-refractivity contribution in [1.29, 1.82) is 0 Å². The summed E-state index contributed by atoms with van der Waals surface area (Å²) in [7, 11) is 0. The highest BCUT2D eigenvalue weighted by atomic mass is 16.5. The van der Waals surface area contributed by atoms with Gasteiger partial charge in [0.2, 0.25) is 0 Å². The summed E-state index contributed by atoms with van der Waals surface area (Å²) in [5.41, 5.74) is -0.337. The van der Waals surface area contributed by atoms with Crippen LogP contribution in [0, 0.1) is 5.92 Å². The molecule has 0 amide bonds. The van der Waals surface area contributed by atoms with E-state index < -0.39 is 0 Å². The van der Waals surface area contributed by atoms with Gasteiger partial charge in [-0.05, 0) is 45.1 Å². The SMILES string of the molecule is CCCC(C(=O)OCC)(C1CC1)N1CCCNCC1. The number of hydrogen-bond donors (Lipinski definition) is 1. The van der Waals surface area contributed by atoms with Crippen molar-refractivity contribution in [3.05, 3.63) is 0 Å². The van der Waals surface area contributed by atoms with Crippen molar-refractivity contribution < 1.29 is 9.53 Å². The van der Waals surface area contributed by atoms with Crippen LogP contribution in [0.1, 0.15) is 46.0 Å². The lowest BCUT2D eigenvalue weighted by Crippen LogP contribution is -2.58. The van der Waals surface area contributed by atoms with E-state index in [2.05, 4.69) is 17.1 Å². The van der Waals surface area contributed by atoms with Gasteiger partial charge < -0.3 is 10.1 Å². The third-order valence-corrected chi connectivity index (χ3v) is 4.42. The van der Waals surface area contributed by atoms with Crippen molar-refractivity contribution in [2.75, 3.05) is 32.8 Å². The summed E-state index contributed by atoms with van der Waals surface area (Å²) in [4.78, 5) is 15.1. The highest BCUT2D eigenvalue weighted by Crippen LogP contribution is 2.46. The first-order valence-corrected chi connectivity index (χ1v) is 7.88. The predicted molar refractivity (Wildman–Crippen MR) is 76.1 cm³/mol. The Kier molecular flexibility index (Phi) is 5.22. The van der Waals surface area contributed by atoms with Crippen molar-refractivity contribution in [3.8, 4) is 0 Å². The zero-order chi connectivity index (χ0) is 13.7. The minimum Gasteiger partial charge on any atom is -0.465 e. The molecule has 0 spiro atoms. The minimum absolute atomic E-state index is 0.0289. The Morgan fingerprint density at radius 2 is 2.11 bits per heavy atom. The molecule has 1 saturated carbocycles. The third-order valence-electron chi connectivity index (χ3n) is 4.42. The highest BCUT2D eigenvalue weighted by Gasteiger charge is 2.54. The van der Waals surface area contributed by atoms with E-state index in [1.165, 1.54) is 12.8 Å². The molecule has 4 nitrogen and oxygen atoms in total. The molecular formula is C15H28N2O2. The maximum Gasteiger partial charge on any atom is 0.326 e. The van der Waals surface area contributed by atoms with Crippen molar-refractivity contribution in [3.63, 3.8) is 0 Å². The number of hydrogen-bond acceptors (Lipinski definition) is 4. The maximum absolute atomic E-state index is 12.7. The molecule has 0 aromatic carbocycles. The molecule has 0 bridgehead atoms. The summed E-state index contributed by atoms with van der Waals surface area (Å²) in [6, 6.07) is 0. The van der Waals surface area contributed by atoms with E-state index in [0.29, 0.717) is 12.5 Å². The van der Waals surface area contributed by atoms with E-state index in [-0.39, 0.29) is 11.5 Å². The lowest BCUT2D eigenvalue weighted by atomic mass is 9.85. The van der Waals surface area contributed by atoms with Crippen LogP contribution in [0.5, 0.6) is 0 Å². The molecule has 0 aromatic rings. The number of ether oxygens (including phenoxy) is 1. The minimum atomic E-state index is -0.337. The molecule has 19 heavy (non-hydrogen) atoms. The van der Waals surface area contributed by atoms with Crippen LogP contribution in [0.25, 0.3) is 0 Å². The lowest BCUT2D eigenvalue weighted by Gasteiger charge is -2.41. The molecule has 1 aliphatic carbocycles. The fraction of sp³-hybridized carbons (Fsp3) is 0.933. The van der Waals surface area contributed by atoms with Crippen molar-refractivity contribution in [2.24, 2.45) is 5.92 Å². The van der Waals surface area contributed by atoms with Crippen LogP contribution in [0.15, 0.2) is 0 Å². The van der Waals surface area contributed by atoms with Gasteiger partial charge in [-0.1, -0.05) is 13.3 Å². The number of esters is 1. The van der Waals surface area contributed by atoms with Crippen LogP contribution in [-0.2, 0) is 9.53 Å². The summed E-state index contributed by atoms with van der Waals surface area (Å²) in [5, 5.41) is 3.43. The van der Waals surface area contributed by atoms with Crippen LogP contribution in [0.4, 0.5) is 0 Å². The Labute approximate surface area is 116 Å². The first kappa shape index (κ1) is 14.8. The number of carbonyl (C=O) groups is 1. The van der Waals surface area contributed by atoms with Gasteiger partial charge >= 0.3 is 5.97 Å². The van der Waals surface area contributed by atoms with Crippen LogP contribution in [0.3, 0.4) is 0 Å². The number of nitrogens with one attached hydrogen (secondary N) is 1. The van der Waals surface area contributed by atoms with Crippen LogP contribution in [-0.4, -0.2) is 49.2 Å². The first-order chi connectivity index (χ1) is 9.25. The molecule has 0 radical (unpaired) electrons. The van der Waals surface area contributed by atoms with Crippen LogP contribution in [0.2, 0.25) is 0 Å². The Morgan fingerprint density at radius 3 is 2.74 bits per heavy atom. The fourth-order valence-electron chi connectivity index (χ4n) is 3.46. The monoisotopic (exact) mass is 268 g/mol. The summed E-state index contributed by atoms with van der Waals surface area (Å²) in [6.07, 6.45) is 5.47. The Hall–Kier alpha value is -0.610. The zero-order valence-electron chi connectivity index (χ0n) is 12.4. The molecule has 2 rings (SSSR count). The Morgan fingerprint density at radius 1 is 1.32 bits per heavy atom. The molecule has 1 N–H and O–H groups in total. The van der Waals surface area contributed by atoms with E-state index in [0.717, 1.165) is 45.4 Å². The van der Waals surface area contributed by atoms with Gasteiger partial charge in [-0.15, -0.1) is 0 Å². The van der Waals surface area contributed by atoms with E-state index in [9.17, 15) is 4.79 Å². The average molecular weight is 268 g/mol. The molecule has 2 aliphatic rings. The average Bonchev–Trinajstić information content (AvgIpc) is 3.23. The maximum atomic E-state index is 12.7. The molecule has 1 heterocycles. The molecular weight excluding hydrogens is 240 g/mol. The molecule has 4 heteroatoms. The molecule has 1 saturated heterocycles. The van der Waals surface area contributed by atoms with Gasteiger partial charge in [-0.3, -0.25) is 9.69 Å². The summed E-state index contributed by atoms with van der Waals surface area (Å²) in [5.74, 6) is 0.547. The molecule has 0 aromatic heterocycles. The second-order valence-electron chi connectivity index (χ2n) is 5.76. The number of rotatable bonds is 6. The summed E-state index contributed by atoms with van der Waals surface area (Å²) in [6.45, 7) is 8.60. The first-order valence-electron chi connectivity index (χ1n) is 7.88. The van der Waals surface area contributed by atoms with E-state index >= 15 is 0 Å². The fourth-order valence-corrected chi connectivity index (χ4v) is 3.46. The summed E-state index contributed by atoms with van der Waals surface area (Å²) < 4.78 is 5.45. The normalized spacial score (nSPS) is 24.5. The van der Waals surface area contributed by atoms with Gasteiger partial charge in [0.1, 0.15) is 5.54 Å². The largest absolute Gasteiger partial charge is 0.465 e. The smallest absolute Gasteiger partial charge is 0.326 e. The second-order valence-corrected chi connectivity index (χ2v) is 5.76. The van der Waals surface area contributed by atoms with E-state index in [4.69, 9.17) is 4.74 Å². The molecule has 110 valence electrons. The van der Waals surface area contributed by atoms with Gasteiger partial charge in [0.15, 0.2) is 0 Å². The Balaban J connectivity index is 2.21. The molecule has 1 unspecified atom stereocenters. The van der Waals surface area contributed by atoms with Crippen molar-refractivity contribution in [2.45, 2.75) is 51.5 Å². The van der Waals surface area contributed by atoms with Crippen molar-refractivity contribution >= 4 is 5.97 Å². The van der Waals surface area contributed by atoms with E-state index in [1.807, 2.05) is 6.92 Å². The zero-order valence-corrected chi connectivity index (χ0v) is 12.4. The van der Waals surface area contributed by atoms with Gasteiger partial charge in [-0.25, -0.2) is 0 Å². The standard InChI is InChI=1S/C15H28N2O2/c1-3-8-15(13-6-7-13,14(18)19-4-2)17-11-5-9-16-10-12-17/h13,16H,3-12H2,1-2H3. The van der Waals surface area contributed by atoms with Gasteiger partial charge in [-0.2, -0.15) is 0 Å². The quantitative estimate of drug-likeness (QED) is 0.746. The third kappa shape index (κ3) is 3.11.